The van der Waals surface area contributed by atoms with Crippen molar-refractivity contribution in [1.82, 2.24) is 10.2 Å². The lowest BCUT2D eigenvalue weighted by molar-refractivity contribution is -0.138. The number of ether oxygens (including phenoxy) is 3. The third-order valence-electron chi connectivity index (χ3n) is 7.62. The number of nitrogens with one attached hydrogen (secondary N) is 1. The molecule has 0 aliphatic carbocycles. The van der Waals surface area contributed by atoms with E-state index < -0.39 is 5.41 Å². The van der Waals surface area contributed by atoms with E-state index in [1.807, 2.05) is 6.07 Å². The number of amides is 2. The number of nitrogens with zero attached hydrogens (tertiary/aromatic N) is 1. The smallest absolute Gasteiger partial charge is 0.226 e. The van der Waals surface area contributed by atoms with Crippen molar-refractivity contribution in [1.29, 1.82) is 0 Å². The maximum absolute atomic E-state index is 13.4. The zero-order valence-electron chi connectivity index (χ0n) is 25.4. The summed E-state index contributed by atoms with van der Waals surface area (Å²) in [6.07, 6.45) is 8.18. The zero-order valence-corrected chi connectivity index (χ0v) is 25.4. The molecule has 0 saturated heterocycles. The Morgan fingerprint density at radius 2 is 1.58 bits per heavy atom. The molecule has 0 saturated carbocycles. The number of hydrogen-bond donors (Lipinski definition) is 1. The van der Waals surface area contributed by atoms with Crippen LogP contribution in [-0.2, 0) is 20.7 Å². The Labute approximate surface area is 232 Å². The van der Waals surface area contributed by atoms with Crippen molar-refractivity contribution in [2.45, 2.75) is 85.5 Å². The summed E-state index contributed by atoms with van der Waals surface area (Å²) in [5.41, 5.74) is 0.856. The molecule has 1 aromatic rings. The molecule has 0 aliphatic heterocycles. The Bertz CT molecular complexity index is 814. The minimum Gasteiger partial charge on any atom is -0.493 e. The highest BCUT2D eigenvalue weighted by Gasteiger charge is 2.43. The van der Waals surface area contributed by atoms with Gasteiger partial charge in [-0.3, -0.25) is 9.59 Å². The van der Waals surface area contributed by atoms with Gasteiger partial charge < -0.3 is 24.4 Å². The van der Waals surface area contributed by atoms with Crippen LogP contribution in [0.2, 0.25) is 0 Å². The highest BCUT2D eigenvalue weighted by molar-refractivity contribution is 5.83. The van der Waals surface area contributed by atoms with Crippen molar-refractivity contribution < 1.29 is 23.8 Å². The average Bonchev–Trinajstić information content (AvgIpc) is 2.88. The number of carbonyl (C=O) groups is 2. The number of methoxy groups -OCH3 is 2. The second-order valence-corrected chi connectivity index (χ2v) is 11.1. The van der Waals surface area contributed by atoms with Crippen LogP contribution >= 0.6 is 0 Å². The maximum atomic E-state index is 13.4. The Morgan fingerprint density at radius 3 is 2.18 bits per heavy atom. The molecule has 0 bridgehead atoms. The van der Waals surface area contributed by atoms with Gasteiger partial charge in [0.25, 0.3) is 0 Å². The first-order valence-corrected chi connectivity index (χ1v) is 14.4. The maximum Gasteiger partial charge on any atom is 0.226 e. The van der Waals surface area contributed by atoms with E-state index in [1.165, 1.54) is 5.56 Å². The van der Waals surface area contributed by atoms with Crippen LogP contribution in [0.25, 0.3) is 0 Å². The molecule has 0 atom stereocenters. The lowest BCUT2D eigenvalue weighted by Crippen LogP contribution is -2.48. The number of rotatable bonds is 20. The molecule has 0 radical (unpaired) electrons. The first-order chi connectivity index (χ1) is 18.1. The van der Waals surface area contributed by atoms with E-state index in [0.29, 0.717) is 32.6 Å². The molecule has 0 aliphatic rings. The molecule has 0 unspecified atom stereocenters. The summed E-state index contributed by atoms with van der Waals surface area (Å²) in [6, 6.07) is 6.18. The fourth-order valence-corrected chi connectivity index (χ4v) is 5.19. The summed E-state index contributed by atoms with van der Waals surface area (Å²) in [7, 11) is 6.88. The molecule has 0 heterocycles. The van der Waals surface area contributed by atoms with E-state index in [1.54, 1.807) is 33.2 Å². The minimum atomic E-state index is -0.392. The van der Waals surface area contributed by atoms with E-state index in [2.05, 4.69) is 45.1 Å². The Hall–Kier alpha value is -2.28. The van der Waals surface area contributed by atoms with E-state index >= 15 is 0 Å². The molecule has 1 N–H and O–H groups in total. The molecular formula is C31H54N2O5. The standard InChI is InChI=1S/C31H54N2O5/c1-24(2)31(25(3)4,30(35)32-20-13-16-29(34)33(5)6)19-12-10-9-11-15-26-17-18-27(37-8)28(23-26)38-22-14-21-36-7/h17-18,23-25H,9-16,19-22H2,1-8H3,(H,32,35). The summed E-state index contributed by atoms with van der Waals surface area (Å²) < 4.78 is 16.5. The topological polar surface area (TPSA) is 77.1 Å². The van der Waals surface area contributed by atoms with Gasteiger partial charge in [-0.05, 0) is 55.2 Å². The molecule has 0 spiro atoms. The molecule has 0 aromatic heterocycles. The van der Waals surface area contributed by atoms with Crippen LogP contribution in [-0.4, -0.2) is 64.8 Å². The summed E-state index contributed by atoms with van der Waals surface area (Å²) >= 11 is 0. The van der Waals surface area contributed by atoms with Crippen LogP contribution < -0.4 is 14.8 Å². The van der Waals surface area contributed by atoms with Gasteiger partial charge in [0, 0.05) is 47.2 Å². The molecular weight excluding hydrogens is 480 g/mol. The summed E-state index contributed by atoms with van der Waals surface area (Å²) in [4.78, 5) is 26.8. The Kier molecular flexibility index (Phi) is 16.1. The summed E-state index contributed by atoms with van der Waals surface area (Å²) in [6.45, 7) is 10.5. The molecule has 7 heteroatoms. The molecule has 2 amide bonds. The third kappa shape index (κ3) is 10.8. The van der Waals surface area contributed by atoms with Crippen molar-refractivity contribution in [2.24, 2.45) is 17.3 Å². The van der Waals surface area contributed by atoms with Gasteiger partial charge >= 0.3 is 0 Å². The van der Waals surface area contributed by atoms with Gasteiger partial charge in [0.2, 0.25) is 11.8 Å². The van der Waals surface area contributed by atoms with Gasteiger partial charge in [0.05, 0.1) is 19.1 Å². The number of hydrogen-bond acceptors (Lipinski definition) is 5. The second-order valence-electron chi connectivity index (χ2n) is 11.1. The monoisotopic (exact) mass is 534 g/mol. The first-order valence-electron chi connectivity index (χ1n) is 14.4. The van der Waals surface area contributed by atoms with Gasteiger partial charge in [-0.15, -0.1) is 0 Å². The SMILES string of the molecule is COCCCOc1cc(CCCCCCC(C(=O)NCCCC(=O)N(C)C)(C(C)C)C(C)C)ccc1OC. The molecule has 38 heavy (non-hydrogen) atoms. The normalized spacial score (nSPS) is 11.6. The second kappa shape index (κ2) is 18.1. The number of carbonyl (C=O) groups excluding carboxylic acids is 2. The Balaban J connectivity index is 2.56. The van der Waals surface area contributed by atoms with E-state index in [4.69, 9.17) is 14.2 Å². The molecule has 1 rings (SSSR count). The first kappa shape index (κ1) is 33.7. The Morgan fingerprint density at radius 1 is 0.895 bits per heavy atom. The van der Waals surface area contributed by atoms with E-state index in [0.717, 1.165) is 56.4 Å². The van der Waals surface area contributed by atoms with Crippen LogP contribution in [0, 0.1) is 17.3 Å². The third-order valence-corrected chi connectivity index (χ3v) is 7.62. The molecule has 1 aromatic carbocycles. The van der Waals surface area contributed by atoms with Gasteiger partial charge in [0.1, 0.15) is 0 Å². The van der Waals surface area contributed by atoms with Gasteiger partial charge in [-0.2, -0.15) is 0 Å². The lowest BCUT2D eigenvalue weighted by atomic mass is 9.65. The van der Waals surface area contributed by atoms with Crippen LogP contribution in [0.15, 0.2) is 18.2 Å². The predicted octanol–water partition coefficient (Wildman–Crippen LogP) is 5.89. The highest BCUT2D eigenvalue weighted by Crippen LogP contribution is 2.41. The van der Waals surface area contributed by atoms with Crippen LogP contribution in [0.5, 0.6) is 11.5 Å². The minimum absolute atomic E-state index is 0.0960. The van der Waals surface area contributed by atoms with Gasteiger partial charge in [-0.25, -0.2) is 0 Å². The lowest BCUT2D eigenvalue weighted by Gasteiger charge is -2.40. The van der Waals surface area contributed by atoms with Crippen LogP contribution in [0.4, 0.5) is 0 Å². The quantitative estimate of drug-likeness (QED) is 0.211. The average molecular weight is 535 g/mol. The molecule has 0 fully saturated rings. The van der Waals surface area contributed by atoms with E-state index in [-0.39, 0.29) is 23.7 Å². The number of unbranched alkanes of at least 4 members (excludes halogenated alkanes) is 3. The van der Waals surface area contributed by atoms with Crippen molar-refractivity contribution in [2.75, 3.05) is 48.1 Å². The van der Waals surface area contributed by atoms with Crippen molar-refractivity contribution in [3.8, 4) is 11.5 Å². The summed E-state index contributed by atoms with van der Waals surface area (Å²) in [5.74, 6) is 2.26. The largest absolute Gasteiger partial charge is 0.493 e. The predicted molar refractivity (Wildman–Crippen MR) is 155 cm³/mol. The van der Waals surface area contributed by atoms with Gasteiger partial charge in [-0.1, -0.05) is 53.0 Å². The summed E-state index contributed by atoms with van der Waals surface area (Å²) in [5, 5.41) is 3.15. The highest BCUT2D eigenvalue weighted by atomic mass is 16.5. The number of benzene rings is 1. The molecule has 218 valence electrons. The van der Waals surface area contributed by atoms with Crippen LogP contribution in [0.1, 0.15) is 84.6 Å². The van der Waals surface area contributed by atoms with Crippen LogP contribution in [0.3, 0.4) is 0 Å². The zero-order chi connectivity index (χ0) is 28.6. The number of aryl methyl sites for hydroxylation is 1. The van der Waals surface area contributed by atoms with Crippen molar-refractivity contribution >= 4 is 11.8 Å². The molecule has 7 nitrogen and oxygen atoms in total. The van der Waals surface area contributed by atoms with Gasteiger partial charge in [0.15, 0.2) is 11.5 Å². The fourth-order valence-electron chi connectivity index (χ4n) is 5.19. The van der Waals surface area contributed by atoms with Crippen molar-refractivity contribution in [3.63, 3.8) is 0 Å². The van der Waals surface area contributed by atoms with E-state index in [9.17, 15) is 9.59 Å². The fraction of sp³-hybridized carbons (Fsp3) is 0.742. The van der Waals surface area contributed by atoms with Crippen molar-refractivity contribution in [3.05, 3.63) is 23.8 Å².